The highest BCUT2D eigenvalue weighted by Crippen LogP contribution is 2.28. The summed E-state index contributed by atoms with van der Waals surface area (Å²) in [6, 6.07) is 1.68. The maximum Gasteiger partial charge on any atom is 0.406 e. The van der Waals surface area contributed by atoms with Gasteiger partial charge in [0.15, 0.2) is 6.20 Å². The summed E-state index contributed by atoms with van der Waals surface area (Å²) in [6.07, 6.45) is 1.53. The van der Waals surface area contributed by atoms with Gasteiger partial charge in [-0.2, -0.15) is 0 Å². The first-order chi connectivity index (χ1) is 8.61. The molecule has 0 bridgehead atoms. The summed E-state index contributed by atoms with van der Waals surface area (Å²) in [5.74, 6) is -0.0354. The Hall–Kier alpha value is -1.89. The molecule has 1 aliphatic rings. The minimum Gasteiger partial charge on any atom is -0.489 e. The van der Waals surface area contributed by atoms with Crippen molar-refractivity contribution in [3.8, 4) is 5.75 Å². The molecule has 1 aliphatic heterocycles. The lowest BCUT2D eigenvalue weighted by molar-refractivity contribution is -0.390. The van der Waals surface area contributed by atoms with Gasteiger partial charge in [0.05, 0.1) is 12.8 Å². The summed E-state index contributed by atoms with van der Waals surface area (Å²) < 4.78 is 5.02. The molecule has 0 spiro atoms. The smallest absolute Gasteiger partial charge is 0.406 e. The minimum atomic E-state index is -0.535. The third-order valence-electron chi connectivity index (χ3n) is 3.08. The number of hydrogen-bond acceptors (Lipinski definition) is 6. The van der Waals surface area contributed by atoms with E-state index in [4.69, 9.17) is 4.74 Å². The number of aromatic nitrogens is 1. The Morgan fingerprint density at radius 2 is 2.06 bits per heavy atom. The number of likely N-dealkylation sites (N-methyl/N-ethyl adjacent to an activating group) is 1. The molecule has 0 saturated carbocycles. The summed E-state index contributed by atoms with van der Waals surface area (Å²) in [4.78, 5) is 18.5. The van der Waals surface area contributed by atoms with Gasteiger partial charge in [-0.3, -0.25) is 0 Å². The second-order valence-electron chi connectivity index (χ2n) is 4.27. The maximum absolute atomic E-state index is 10.8. The van der Waals surface area contributed by atoms with Crippen LogP contribution in [0, 0.1) is 10.1 Å². The zero-order chi connectivity index (χ0) is 13.1. The minimum absolute atomic E-state index is 0.205. The fraction of sp³-hybridized carbons (Fsp3) is 0.545. The van der Waals surface area contributed by atoms with E-state index in [2.05, 4.69) is 21.8 Å². The van der Waals surface area contributed by atoms with Crippen LogP contribution >= 0.6 is 0 Å². The number of hydrogen-bond donors (Lipinski definition) is 0. The van der Waals surface area contributed by atoms with Crippen molar-refractivity contribution in [3.05, 3.63) is 22.4 Å². The number of ether oxygens (including phenoxy) is 1. The number of nitrogens with zero attached hydrogens (tertiary/aromatic N) is 4. The summed E-state index contributed by atoms with van der Waals surface area (Å²) in [7, 11) is 3.49. The van der Waals surface area contributed by atoms with Gasteiger partial charge in [0.25, 0.3) is 0 Å². The van der Waals surface area contributed by atoms with Crippen LogP contribution in [0.25, 0.3) is 0 Å². The molecule has 2 heterocycles. The average molecular weight is 252 g/mol. The zero-order valence-electron chi connectivity index (χ0n) is 10.5. The summed E-state index contributed by atoms with van der Waals surface area (Å²) in [5.41, 5.74) is 0.866. The monoisotopic (exact) mass is 252 g/mol. The van der Waals surface area contributed by atoms with Gasteiger partial charge in [-0.1, -0.05) is 0 Å². The van der Waals surface area contributed by atoms with Crippen LogP contribution in [-0.2, 0) is 0 Å². The Balaban J connectivity index is 2.22. The van der Waals surface area contributed by atoms with Crippen molar-refractivity contribution in [2.75, 3.05) is 45.2 Å². The Labute approximate surface area is 105 Å². The van der Waals surface area contributed by atoms with E-state index in [1.807, 2.05) is 0 Å². The molecule has 2 rings (SSSR count). The van der Waals surface area contributed by atoms with Gasteiger partial charge in [-0.15, -0.1) is 0 Å². The van der Waals surface area contributed by atoms with Crippen molar-refractivity contribution in [1.29, 1.82) is 0 Å². The van der Waals surface area contributed by atoms with Crippen LogP contribution in [0.4, 0.5) is 11.5 Å². The van der Waals surface area contributed by atoms with E-state index < -0.39 is 4.92 Å². The highest BCUT2D eigenvalue weighted by atomic mass is 16.6. The van der Waals surface area contributed by atoms with E-state index in [0.29, 0.717) is 0 Å². The molecule has 0 atom stereocenters. The van der Waals surface area contributed by atoms with Crippen molar-refractivity contribution in [2.24, 2.45) is 0 Å². The molecule has 1 aromatic rings. The van der Waals surface area contributed by atoms with Crippen LogP contribution in [0.15, 0.2) is 12.3 Å². The average Bonchev–Trinajstić information content (AvgIpc) is 2.38. The Morgan fingerprint density at radius 3 is 2.61 bits per heavy atom. The van der Waals surface area contributed by atoms with E-state index in [0.717, 1.165) is 31.9 Å². The molecule has 18 heavy (non-hydrogen) atoms. The highest BCUT2D eigenvalue weighted by Gasteiger charge is 2.21. The van der Waals surface area contributed by atoms with Gasteiger partial charge < -0.3 is 24.7 Å². The topological polar surface area (TPSA) is 71.7 Å². The second-order valence-corrected chi connectivity index (χ2v) is 4.27. The molecule has 0 unspecified atom stereocenters. The molecule has 0 amide bonds. The van der Waals surface area contributed by atoms with Crippen LogP contribution < -0.4 is 9.64 Å². The van der Waals surface area contributed by atoms with E-state index in [9.17, 15) is 10.1 Å². The van der Waals surface area contributed by atoms with Gasteiger partial charge in [0, 0.05) is 32.2 Å². The van der Waals surface area contributed by atoms with Gasteiger partial charge in [-0.05, 0) is 17.0 Å². The summed E-state index contributed by atoms with van der Waals surface area (Å²) in [6.45, 7) is 3.72. The van der Waals surface area contributed by atoms with Gasteiger partial charge >= 0.3 is 5.82 Å². The largest absolute Gasteiger partial charge is 0.489 e. The zero-order valence-corrected chi connectivity index (χ0v) is 10.5. The third kappa shape index (κ3) is 2.51. The fourth-order valence-electron chi connectivity index (χ4n) is 1.95. The molecule has 0 aromatic carbocycles. The SMILES string of the molecule is COc1cc(N2CCN(C)CC2)cnc1[N+](=O)[O-]. The van der Waals surface area contributed by atoms with Crippen LogP contribution in [0.5, 0.6) is 5.75 Å². The van der Waals surface area contributed by atoms with E-state index in [1.165, 1.54) is 13.3 Å². The molecule has 7 nitrogen and oxygen atoms in total. The fourth-order valence-corrected chi connectivity index (χ4v) is 1.95. The maximum atomic E-state index is 10.8. The predicted molar refractivity (Wildman–Crippen MR) is 67.2 cm³/mol. The molecule has 1 aromatic heterocycles. The quantitative estimate of drug-likeness (QED) is 0.584. The molecule has 0 radical (unpaired) electrons. The third-order valence-corrected chi connectivity index (χ3v) is 3.08. The van der Waals surface area contributed by atoms with E-state index in [-0.39, 0.29) is 11.6 Å². The molecular formula is C11H16N4O3. The van der Waals surface area contributed by atoms with Crippen molar-refractivity contribution >= 4 is 11.5 Å². The molecule has 7 heteroatoms. The molecule has 0 N–H and O–H groups in total. The van der Waals surface area contributed by atoms with Crippen LogP contribution in [0.1, 0.15) is 0 Å². The first-order valence-electron chi connectivity index (χ1n) is 5.73. The highest BCUT2D eigenvalue weighted by molar-refractivity contribution is 5.54. The number of methoxy groups -OCH3 is 1. The first-order valence-corrected chi connectivity index (χ1v) is 5.73. The van der Waals surface area contributed by atoms with Crippen molar-refractivity contribution < 1.29 is 9.66 Å². The molecule has 1 saturated heterocycles. The first kappa shape index (κ1) is 12.6. The van der Waals surface area contributed by atoms with Gasteiger partial charge in [-0.25, -0.2) is 0 Å². The van der Waals surface area contributed by atoms with Gasteiger partial charge in [0.2, 0.25) is 5.75 Å². The standard InChI is InChI=1S/C11H16N4O3/c1-13-3-5-14(6-4-13)9-7-10(18-2)11(12-8-9)15(16)17/h7-8H,3-6H2,1-2H3. The lowest BCUT2D eigenvalue weighted by Gasteiger charge is -2.33. The van der Waals surface area contributed by atoms with E-state index in [1.54, 1.807) is 6.07 Å². The Kier molecular flexibility index (Phi) is 3.61. The lowest BCUT2D eigenvalue weighted by Crippen LogP contribution is -2.44. The van der Waals surface area contributed by atoms with Crippen LogP contribution in [-0.4, -0.2) is 55.1 Å². The molecule has 1 fully saturated rings. The Morgan fingerprint density at radius 1 is 1.39 bits per heavy atom. The number of pyridine rings is 1. The number of piperazine rings is 1. The van der Waals surface area contributed by atoms with Crippen LogP contribution in [0.2, 0.25) is 0 Å². The van der Waals surface area contributed by atoms with Crippen molar-refractivity contribution in [2.45, 2.75) is 0 Å². The lowest BCUT2D eigenvalue weighted by atomic mass is 10.3. The summed E-state index contributed by atoms with van der Waals surface area (Å²) >= 11 is 0. The van der Waals surface area contributed by atoms with Crippen molar-refractivity contribution in [3.63, 3.8) is 0 Å². The summed E-state index contributed by atoms with van der Waals surface area (Å²) in [5, 5.41) is 10.8. The number of rotatable bonds is 3. The van der Waals surface area contributed by atoms with Crippen molar-refractivity contribution in [1.82, 2.24) is 9.88 Å². The van der Waals surface area contributed by atoms with Crippen LogP contribution in [0.3, 0.4) is 0 Å². The molecular weight excluding hydrogens is 236 g/mol. The Bertz CT molecular complexity index is 444. The molecule has 98 valence electrons. The van der Waals surface area contributed by atoms with E-state index >= 15 is 0 Å². The predicted octanol–water partition coefficient (Wildman–Crippen LogP) is 0.750. The number of anilines is 1. The second kappa shape index (κ2) is 5.18. The normalized spacial score (nSPS) is 16.7. The van der Waals surface area contributed by atoms with Gasteiger partial charge in [0.1, 0.15) is 0 Å². The molecule has 0 aliphatic carbocycles. The number of nitro groups is 1.